The molecule has 21 heavy (non-hydrogen) atoms. The third-order valence-corrected chi connectivity index (χ3v) is 5.11. The van der Waals surface area contributed by atoms with Gasteiger partial charge in [0, 0.05) is 6.04 Å². The number of nitrogens with one attached hydrogen (secondary N) is 1. The van der Waals surface area contributed by atoms with E-state index in [4.69, 9.17) is 0 Å². The van der Waals surface area contributed by atoms with Crippen molar-refractivity contribution in [3.63, 3.8) is 0 Å². The van der Waals surface area contributed by atoms with Gasteiger partial charge in [-0.1, -0.05) is 41.5 Å². The zero-order valence-electron chi connectivity index (χ0n) is 14.7. The van der Waals surface area contributed by atoms with Crippen molar-refractivity contribution in [1.82, 2.24) is 10.2 Å². The van der Waals surface area contributed by atoms with Gasteiger partial charge in [0.05, 0.1) is 12.2 Å². The van der Waals surface area contributed by atoms with Crippen LogP contribution in [0, 0.1) is 23.7 Å². The summed E-state index contributed by atoms with van der Waals surface area (Å²) in [6, 6.07) is 0.471. The molecule has 0 bridgehead atoms. The largest absolute Gasteiger partial charge is 0.323 e. The maximum atomic E-state index is 12.9. The average Bonchev–Trinajstić information content (AvgIpc) is 2.65. The van der Waals surface area contributed by atoms with Gasteiger partial charge in [0.15, 0.2) is 0 Å². The number of carbonyl (C=O) groups excluding carboxylic acids is 1. The monoisotopic (exact) mass is 294 g/mol. The Bertz CT molecular complexity index is 356. The van der Waals surface area contributed by atoms with E-state index in [1.54, 1.807) is 0 Å². The predicted octanol–water partition coefficient (Wildman–Crippen LogP) is 3.64. The fourth-order valence-electron chi connectivity index (χ4n) is 4.37. The molecule has 4 atom stereocenters. The second-order valence-electron chi connectivity index (χ2n) is 8.35. The molecule has 2 aliphatic rings. The standard InChI is InChI=1S/C18H34N2O/c1-11(2)7-16-18(21)20(17(19-16)12(3)4)15-9-13(5)8-14(6)10-15/h11-17,19H,7-10H2,1-6H3. The molecule has 1 saturated heterocycles. The molecule has 1 aliphatic carbocycles. The van der Waals surface area contributed by atoms with E-state index in [1.165, 1.54) is 19.3 Å². The second-order valence-corrected chi connectivity index (χ2v) is 8.35. The Morgan fingerprint density at radius 2 is 1.67 bits per heavy atom. The van der Waals surface area contributed by atoms with Gasteiger partial charge in [-0.05, 0) is 49.4 Å². The minimum atomic E-state index is 0.0324. The van der Waals surface area contributed by atoms with Crippen molar-refractivity contribution >= 4 is 5.91 Å². The molecule has 0 spiro atoms. The summed E-state index contributed by atoms with van der Waals surface area (Å²) in [7, 11) is 0. The Kier molecular flexibility index (Phi) is 5.34. The SMILES string of the molecule is CC(C)CC1NC(C(C)C)N(C2CC(C)CC(C)C2)C1=O. The lowest BCUT2D eigenvalue weighted by Crippen LogP contribution is -2.49. The average molecular weight is 294 g/mol. The molecule has 3 nitrogen and oxygen atoms in total. The molecule has 122 valence electrons. The Morgan fingerprint density at radius 1 is 1.10 bits per heavy atom. The number of hydrogen-bond donors (Lipinski definition) is 1. The van der Waals surface area contributed by atoms with Gasteiger partial charge in [-0.25, -0.2) is 0 Å². The predicted molar refractivity (Wildman–Crippen MR) is 87.8 cm³/mol. The third kappa shape index (κ3) is 3.80. The first-order valence-corrected chi connectivity index (χ1v) is 8.87. The molecule has 0 aromatic carbocycles. The van der Waals surface area contributed by atoms with E-state index in [1.807, 2.05) is 0 Å². The lowest BCUT2D eigenvalue weighted by atomic mass is 9.79. The second kappa shape index (κ2) is 6.68. The van der Waals surface area contributed by atoms with E-state index in [0.717, 1.165) is 18.3 Å². The van der Waals surface area contributed by atoms with Gasteiger partial charge in [-0.2, -0.15) is 0 Å². The maximum Gasteiger partial charge on any atom is 0.241 e. The number of carbonyl (C=O) groups is 1. The van der Waals surface area contributed by atoms with Gasteiger partial charge in [-0.15, -0.1) is 0 Å². The Labute approximate surface area is 130 Å². The molecular formula is C18H34N2O. The normalized spacial score (nSPS) is 37.8. The summed E-state index contributed by atoms with van der Waals surface area (Å²) in [5.41, 5.74) is 0. The summed E-state index contributed by atoms with van der Waals surface area (Å²) in [6.45, 7) is 13.5. The number of rotatable bonds is 4. The molecule has 0 aromatic heterocycles. The van der Waals surface area contributed by atoms with Crippen LogP contribution in [-0.4, -0.2) is 29.1 Å². The van der Waals surface area contributed by atoms with Gasteiger partial charge in [-0.3, -0.25) is 10.1 Å². The maximum absolute atomic E-state index is 12.9. The summed E-state index contributed by atoms with van der Waals surface area (Å²) >= 11 is 0. The van der Waals surface area contributed by atoms with Crippen molar-refractivity contribution in [1.29, 1.82) is 0 Å². The van der Waals surface area contributed by atoms with Crippen LogP contribution in [0.3, 0.4) is 0 Å². The van der Waals surface area contributed by atoms with E-state index in [-0.39, 0.29) is 12.2 Å². The highest BCUT2D eigenvalue weighted by Crippen LogP contribution is 2.35. The van der Waals surface area contributed by atoms with E-state index in [2.05, 4.69) is 51.8 Å². The van der Waals surface area contributed by atoms with Crippen LogP contribution in [0.2, 0.25) is 0 Å². The lowest BCUT2D eigenvalue weighted by molar-refractivity contribution is -0.134. The Balaban J connectivity index is 2.15. The highest BCUT2D eigenvalue weighted by molar-refractivity contribution is 5.84. The van der Waals surface area contributed by atoms with E-state index < -0.39 is 0 Å². The molecule has 3 heteroatoms. The van der Waals surface area contributed by atoms with Crippen molar-refractivity contribution in [3.8, 4) is 0 Å². The molecule has 2 rings (SSSR count). The quantitative estimate of drug-likeness (QED) is 0.858. The molecule has 4 unspecified atom stereocenters. The minimum Gasteiger partial charge on any atom is -0.323 e. The van der Waals surface area contributed by atoms with E-state index in [9.17, 15) is 4.79 Å². The molecule has 1 heterocycles. The Hall–Kier alpha value is -0.570. The van der Waals surface area contributed by atoms with Crippen LogP contribution in [-0.2, 0) is 4.79 Å². The molecular weight excluding hydrogens is 260 g/mol. The molecule has 0 aromatic rings. The van der Waals surface area contributed by atoms with Crippen molar-refractivity contribution in [2.24, 2.45) is 23.7 Å². The van der Waals surface area contributed by atoms with Crippen LogP contribution in [0.1, 0.15) is 67.2 Å². The molecule has 1 aliphatic heterocycles. The molecule has 1 amide bonds. The number of nitrogens with zero attached hydrogens (tertiary/aromatic N) is 1. The number of amides is 1. The molecule has 1 saturated carbocycles. The van der Waals surface area contributed by atoms with Gasteiger partial charge in [0.25, 0.3) is 0 Å². The smallest absolute Gasteiger partial charge is 0.241 e. The molecule has 1 N–H and O–H groups in total. The summed E-state index contributed by atoms with van der Waals surface area (Å²) in [5.74, 6) is 2.86. The van der Waals surface area contributed by atoms with Crippen LogP contribution < -0.4 is 5.32 Å². The summed E-state index contributed by atoms with van der Waals surface area (Å²) in [4.78, 5) is 15.2. The molecule has 2 fully saturated rings. The Morgan fingerprint density at radius 3 is 2.14 bits per heavy atom. The van der Waals surface area contributed by atoms with Crippen molar-refractivity contribution in [2.45, 2.75) is 85.5 Å². The number of hydrogen-bond acceptors (Lipinski definition) is 2. The summed E-state index contributed by atoms with van der Waals surface area (Å²) in [5, 5.41) is 3.62. The van der Waals surface area contributed by atoms with Crippen LogP contribution in [0.5, 0.6) is 0 Å². The highest BCUT2D eigenvalue weighted by Gasteiger charge is 2.44. The zero-order chi connectivity index (χ0) is 15.7. The highest BCUT2D eigenvalue weighted by atomic mass is 16.2. The van der Waals surface area contributed by atoms with Crippen molar-refractivity contribution in [2.75, 3.05) is 0 Å². The minimum absolute atomic E-state index is 0.0324. The van der Waals surface area contributed by atoms with Crippen LogP contribution in [0.4, 0.5) is 0 Å². The zero-order valence-corrected chi connectivity index (χ0v) is 14.7. The first-order chi connectivity index (χ1) is 9.79. The van der Waals surface area contributed by atoms with Crippen LogP contribution >= 0.6 is 0 Å². The fourth-order valence-corrected chi connectivity index (χ4v) is 4.37. The van der Waals surface area contributed by atoms with Crippen LogP contribution in [0.25, 0.3) is 0 Å². The molecule has 0 radical (unpaired) electrons. The first-order valence-electron chi connectivity index (χ1n) is 8.87. The van der Waals surface area contributed by atoms with Crippen molar-refractivity contribution in [3.05, 3.63) is 0 Å². The van der Waals surface area contributed by atoms with Gasteiger partial charge in [0.2, 0.25) is 5.91 Å². The third-order valence-electron chi connectivity index (χ3n) is 5.11. The van der Waals surface area contributed by atoms with Gasteiger partial charge < -0.3 is 4.90 Å². The summed E-state index contributed by atoms with van der Waals surface area (Å²) in [6.07, 6.45) is 4.85. The lowest BCUT2D eigenvalue weighted by Gasteiger charge is -2.41. The van der Waals surface area contributed by atoms with Crippen molar-refractivity contribution < 1.29 is 4.79 Å². The van der Waals surface area contributed by atoms with Crippen LogP contribution in [0.15, 0.2) is 0 Å². The van der Waals surface area contributed by atoms with Gasteiger partial charge >= 0.3 is 0 Å². The van der Waals surface area contributed by atoms with Gasteiger partial charge in [0.1, 0.15) is 0 Å². The topological polar surface area (TPSA) is 32.3 Å². The first kappa shape index (κ1) is 16.8. The fraction of sp³-hybridized carbons (Fsp3) is 0.944. The summed E-state index contributed by atoms with van der Waals surface area (Å²) < 4.78 is 0. The van der Waals surface area contributed by atoms with E-state index in [0.29, 0.717) is 23.8 Å². The van der Waals surface area contributed by atoms with E-state index >= 15 is 0 Å².